The molecule has 0 spiro atoms. The highest BCUT2D eigenvalue weighted by atomic mass is 16.6. The number of hydrogen-bond donors (Lipinski definition) is 1. The molecule has 0 fully saturated rings. The first-order valence-electron chi connectivity index (χ1n) is 11.3. The van der Waals surface area contributed by atoms with Crippen LogP contribution in [0.25, 0.3) is 0 Å². The SMILES string of the molecule is COc1ccc(CN(CC(=O)OC(C)(C)C)N(CC(=O)O)Cc2ccc(N(C)C)cc2)c(OC)c1. The van der Waals surface area contributed by atoms with Crippen LogP contribution in [0.5, 0.6) is 11.5 Å². The fourth-order valence-corrected chi connectivity index (χ4v) is 3.48. The van der Waals surface area contributed by atoms with Crippen molar-refractivity contribution in [2.45, 2.75) is 39.5 Å². The number of anilines is 1. The Hall–Kier alpha value is -3.30. The van der Waals surface area contributed by atoms with Crippen LogP contribution >= 0.6 is 0 Å². The van der Waals surface area contributed by atoms with Crippen molar-refractivity contribution in [3.05, 3.63) is 53.6 Å². The molecule has 0 unspecified atom stereocenters. The molecule has 9 nitrogen and oxygen atoms in total. The number of ether oxygens (including phenoxy) is 3. The molecule has 2 aromatic rings. The summed E-state index contributed by atoms with van der Waals surface area (Å²) in [6.07, 6.45) is 0. The van der Waals surface area contributed by atoms with Gasteiger partial charge in [-0.25, -0.2) is 10.0 Å². The summed E-state index contributed by atoms with van der Waals surface area (Å²) in [5.41, 5.74) is 2.05. The lowest BCUT2D eigenvalue weighted by molar-refractivity contribution is -0.166. The lowest BCUT2D eigenvalue weighted by atomic mass is 10.1. The summed E-state index contributed by atoms with van der Waals surface area (Å²) in [6.45, 7) is 5.48. The van der Waals surface area contributed by atoms with E-state index in [-0.39, 0.29) is 19.6 Å². The first-order chi connectivity index (χ1) is 16.4. The molecule has 35 heavy (non-hydrogen) atoms. The van der Waals surface area contributed by atoms with Crippen LogP contribution in [0.2, 0.25) is 0 Å². The molecule has 0 aliphatic heterocycles. The lowest BCUT2D eigenvalue weighted by Gasteiger charge is -2.34. The number of carbonyl (C=O) groups excluding carboxylic acids is 1. The van der Waals surface area contributed by atoms with Gasteiger partial charge in [-0.15, -0.1) is 0 Å². The normalized spacial score (nSPS) is 11.5. The van der Waals surface area contributed by atoms with E-state index in [0.29, 0.717) is 18.0 Å². The van der Waals surface area contributed by atoms with Crippen molar-refractivity contribution in [2.75, 3.05) is 46.3 Å². The van der Waals surface area contributed by atoms with E-state index in [2.05, 4.69) is 0 Å². The minimum atomic E-state index is -1.01. The highest BCUT2D eigenvalue weighted by molar-refractivity contribution is 5.72. The van der Waals surface area contributed by atoms with E-state index in [1.165, 1.54) is 0 Å². The summed E-state index contributed by atoms with van der Waals surface area (Å²) in [7, 11) is 7.03. The second-order valence-electron chi connectivity index (χ2n) is 9.36. The Bertz CT molecular complexity index is 986. The molecule has 0 saturated heterocycles. The second-order valence-corrected chi connectivity index (χ2v) is 9.36. The van der Waals surface area contributed by atoms with E-state index in [4.69, 9.17) is 14.2 Å². The third-order valence-electron chi connectivity index (χ3n) is 5.11. The van der Waals surface area contributed by atoms with Crippen molar-refractivity contribution >= 4 is 17.6 Å². The van der Waals surface area contributed by atoms with Gasteiger partial charge in [0.05, 0.1) is 14.2 Å². The highest BCUT2D eigenvalue weighted by Gasteiger charge is 2.26. The molecule has 2 aromatic carbocycles. The molecule has 0 bridgehead atoms. The van der Waals surface area contributed by atoms with Crippen LogP contribution in [-0.4, -0.2) is 74.1 Å². The maximum atomic E-state index is 12.8. The minimum Gasteiger partial charge on any atom is -0.497 e. The van der Waals surface area contributed by atoms with E-state index >= 15 is 0 Å². The second kappa shape index (κ2) is 12.4. The zero-order chi connectivity index (χ0) is 26.2. The van der Waals surface area contributed by atoms with Crippen LogP contribution in [0.4, 0.5) is 5.69 Å². The number of rotatable bonds is 12. The Morgan fingerprint density at radius 1 is 0.886 bits per heavy atom. The van der Waals surface area contributed by atoms with Crippen molar-refractivity contribution in [1.29, 1.82) is 0 Å². The van der Waals surface area contributed by atoms with Crippen LogP contribution < -0.4 is 14.4 Å². The van der Waals surface area contributed by atoms with Crippen LogP contribution in [0.15, 0.2) is 42.5 Å². The van der Waals surface area contributed by atoms with E-state index in [1.54, 1.807) is 57.1 Å². The van der Waals surface area contributed by atoms with Crippen LogP contribution in [0.3, 0.4) is 0 Å². The number of carbonyl (C=O) groups is 2. The first-order valence-corrected chi connectivity index (χ1v) is 11.3. The Morgan fingerprint density at radius 2 is 1.51 bits per heavy atom. The van der Waals surface area contributed by atoms with Gasteiger partial charge in [0, 0.05) is 44.5 Å². The molecule has 1 N–H and O–H groups in total. The number of methoxy groups -OCH3 is 2. The topological polar surface area (TPSA) is 91.8 Å². The molecule has 0 saturated carbocycles. The summed E-state index contributed by atoms with van der Waals surface area (Å²) in [6, 6.07) is 13.2. The van der Waals surface area contributed by atoms with E-state index in [1.807, 2.05) is 49.3 Å². The van der Waals surface area contributed by atoms with Crippen molar-refractivity contribution in [3.63, 3.8) is 0 Å². The van der Waals surface area contributed by atoms with Gasteiger partial charge < -0.3 is 24.2 Å². The van der Waals surface area contributed by atoms with Crippen LogP contribution in [0.1, 0.15) is 31.9 Å². The van der Waals surface area contributed by atoms with Crippen molar-refractivity contribution in [2.24, 2.45) is 0 Å². The number of hydrazine groups is 1. The van der Waals surface area contributed by atoms with Crippen LogP contribution in [-0.2, 0) is 27.4 Å². The maximum Gasteiger partial charge on any atom is 0.322 e. The molecule has 0 aliphatic carbocycles. The maximum absolute atomic E-state index is 12.8. The van der Waals surface area contributed by atoms with Gasteiger partial charge in [0.2, 0.25) is 0 Å². The Morgan fingerprint density at radius 3 is 2.03 bits per heavy atom. The molecule has 0 atom stereocenters. The number of aliphatic carboxylic acids is 1. The van der Waals surface area contributed by atoms with Crippen LogP contribution in [0, 0.1) is 0 Å². The van der Waals surface area contributed by atoms with Gasteiger partial charge in [0.1, 0.15) is 30.2 Å². The van der Waals surface area contributed by atoms with E-state index in [0.717, 1.165) is 16.8 Å². The molecule has 0 aliphatic rings. The van der Waals surface area contributed by atoms with E-state index < -0.39 is 17.5 Å². The fourth-order valence-electron chi connectivity index (χ4n) is 3.48. The number of nitrogens with zero attached hydrogens (tertiary/aromatic N) is 3. The van der Waals surface area contributed by atoms with Crippen molar-refractivity contribution < 1.29 is 28.9 Å². The molecule has 2 rings (SSSR count). The quantitative estimate of drug-likeness (QED) is 0.357. The number of carboxylic acid groups (broad SMARTS) is 1. The average Bonchev–Trinajstić information content (AvgIpc) is 2.77. The standard InChI is InChI=1S/C26H37N3O6/c1-26(2,3)35-25(32)18-29(16-20-10-13-22(33-6)14-23(20)34-7)28(17-24(30)31)15-19-8-11-21(12-9-19)27(4)5/h8-14H,15-18H2,1-7H3,(H,30,31). The molecular weight excluding hydrogens is 450 g/mol. The predicted octanol–water partition coefficient (Wildman–Crippen LogP) is 3.42. The third-order valence-corrected chi connectivity index (χ3v) is 5.11. The Labute approximate surface area is 207 Å². The molecular formula is C26H37N3O6. The van der Waals surface area contributed by atoms with Gasteiger partial charge in [-0.3, -0.25) is 9.59 Å². The fraction of sp³-hybridized carbons (Fsp3) is 0.462. The largest absolute Gasteiger partial charge is 0.497 e. The summed E-state index contributed by atoms with van der Waals surface area (Å²) in [5.74, 6) is -0.258. The molecule has 0 heterocycles. The Balaban J connectivity index is 2.40. The van der Waals surface area contributed by atoms with Gasteiger partial charge in [-0.1, -0.05) is 18.2 Å². The Kier molecular flexibility index (Phi) is 9.91. The first kappa shape index (κ1) is 27.9. The number of benzene rings is 2. The number of esters is 1. The minimum absolute atomic E-state index is 0.129. The smallest absolute Gasteiger partial charge is 0.322 e. The van der Waals surface area contributed by atoms with Gasteiger partial charge >= 0.3 is 11.9 Å². The van der Waals surface area contributed by atoms with Gasteiger partial charge in [0.15, 0.2) is 0 Å². The highest BCUT2D eigenvalue weighted by Crippen LogP contribution is 2.27. The summed E-state index contributed by atoms with van der Waals surface area (Å²) in [4.78, 5) is 26.6. The zero-order valence-corrected chi connectivity index (χ0v) is 21.7. The molecule has 9 heteroatoms. The summed E-state index contributed by atoms with van der Waals surface area (Å²) >= 11 is 0. The summed E-state index contributed by atoms with van der Waals surface area (Å²) in [5, 5.41) is 13.0. The average molecular weight is 488 g/mol. The van der Waals surface area contributed by atoms with Gasteiger partial charge in [0.25, 0.3) is 0 Å². The van der Waals surface area contributed by atoms with Crippen molar-refractivity contribution in [1.82, 2.24) is 10.0 Å². The van der Waals surface area contributed by atoms with Crippen molar-refractivity contribution in [3.8, 4) is 11.5 Å². The number of carboxylic acids is 1. The third kappa shape index (κ3) is 9.11. The zero-order valence-electron chi connectivity index (χ0n) is 21.7. The summed E-state index contributed by atoms with van der Waals surface area (Å²) < 4.78 is 16.3. The molecule has 0 amide bonds. The molecule has 0 radical (unpaired) electrons. The number of hydrogen-bond acceptors (Lipinski definition) is 8. The van der Waals surface area contributed by atoms with Gasteiger partial charge in [-0.05, 0) is 44.5 Å². The lowest BCUT2D eigenvalue weighted by Crippen LogP contribution is -2.47. The molecule has 0 aromatic heterocycles. The van der Waals surface area contributed by atoms with Gasteiger partial charge in [-0.2, -0.15) is 0 Å². The monoisotopic (exact) mass is 487 g/mol. The van der Waals surface area contributed by atoms with E-state index in [9.17, 15) is 14.7 Å². The predicted molar refractivity (Wildman–Crippen MR) is 135 cm³/mol. The molecule has 192 valence electrons.